The van der Waals surface area contributed by atoms with Crippen LogP contribution in [0.2, 0.25) is 5.02 Å². The van der Waals surface area contributed by atoms with Gasteiger partial charge < -0.3 is 9.73 Å². The third-order valence-corrected chi connectivity index (χ3v) is 3.33. The second-order valence-electron chi connectivity index (χ2n) is 4.65. The highest BCUT2D eigenvalue weighted by atomic mass is 35.5. The summed E-state index contributed by atoms with van der Waals surface area (Å²) < 4.78 is 18.3. The van der Waals surface area contributed by atoms with Crippen LogP contribution in [0.1, 0.15) is 24.7 Å². The first-order valence-electron chi connectivity index (χ1n) is 6.35. The number of hydrogen-bond acceptors (Lipinski definition) is 2. The van der Waals surface area contributed by atoms with Gasteiger partial charge in [0.05, 0.1) is 11.3 Å². The van der Waals surface area contributed by atoms with Crippen LogP contribution in [-0.2, 0) is 13.0 Å². The lowest BCUT2D eigenvalue weighted by molar-refractivity contribution is 0.460. The van der Waals surface area contributed by atoms with Crippen molar-refractivity contribution in [1.29, 1.82) is 0 Å². The van der Waals surface area contributed by atoms with Crippen molar-refractivity contribution in [2.24, 2.45) is 0 Å². The maximum absolute atomic E-state index is 13.0. The van der Waals surface area contributed by atoms with Crippen LogP contribution in [0, 0.1) is 5.82 Å². The molecular formula is C15H17ClFNO. The van der Waals surface area contributed by atoms with Crippen molar-refractivity contribution in [3.05, 3.63) is 58.8 Å². The fourth-order valence-electron chi connectivity index (χ4n) is 1.86. The van der Waals surface area contributed by atoms with E-state index in [1.54, 1.807) is 18.4 Å². The minimum Gasteiger partial charge on any atom is -0.469 e. The van der Waals surface area contributed by atoms with E-state index in [-0.39, 0.29) is 10.8 Å². The highest BCUT2D eigenvalue weighted by Gasteiger charge is 2.05. The minimum atomic E-state index is -0.378. The normalized spacial score (nSPS) is 12.6. The number of aryl methyl sites for hydroxylation is 1. The van der Waals surface area contributed by atoms with Crippen molar-refractivity contribution < 1.29 is 8.81 Å². The lowest BCUT2D eigenvalue weighted by atomic mass is 10.1. The third-order valence-electron chi connectivity index (χ3n) is 3.04. The van der Waals surface area contributed by atoms with E-state index in [0.717, 1.165) is 24.2 Å². The Kier molecular flexibility index (Phi) is 5.00. The molecule has 0 aliphatic heterocycles. The van der Waals surface area contributed by atoms with Crippen molar-refractivity contribution in [3.8, 4) is 0 Å². The molecule has 1 N–H and O–H groups in total. The molecule has 102 valence electrons. The molecule has 0 radical (unpaired) electrons. The Morgan fingerprint density at radius 3 is 2.89 bits per heavy atom. The quantitative estimate of drug-likeness (QED) is 0.859. The molecule has 0 aliphatic rings. The molecule has 2 nitrogen and oxygen atoms in total. The Bertz CT molecular complexity index is 513. The van der Waals surface area contributed by atoms with Crippen LogP contribution in [0.4, 0.5) is 4.39 Å². The van der Waals surface area contributed by atoms with Crippen LogP contribution in [0.15, 0.2) is 41.0 Å². The standard InChI is InChI=1S/C15H17ClFNO/c1-11(4-6-13-3-2-8-19-13)18-10-12-5-7-15(17)14(16)9-12/h2-3,5,7-9,11,18H,4,6,10H2,1H3. The lowest BCUT2D eigenvalue weighted by Crippen LogP contribution is -2.25. The fraction of sp³-hybridized carbons (Fsp3) is 0.333. The molecule has 0 fully saturated rings. The summed E-state index contributed by atoms with van der Waals surface area (Å²) in [6.45, 7) is 2.80. The number of nitrogens with one attached hydrogen (secondary N) is 1. The molecule has 0 saturated heterocycles. The van der Waals surface area contributed by atoms with Gasteiger partial charge in [-0.3, -0.25) is 0 Å². The minimum absolute atomic E-state index is 0.169. The topological polar surface area (TPSA) is 25.2 Å². The largest absolute Gasteiger partial charge is 0.469 e. The predicted octanol–water partition coefficient (Wildman–Crippen LogP) is 4.18. The number of hydrogen-bond donors (Lipinski definition) is 1. The monoisotopic (exact) mass is 281 g/mol. The van der Waals surface area contributed by atoms with Gasteiger partial charge in [0.2, 0.25) is 0 Å². The molecule has 1 aromatic heterocycles. The Morgan fingerprint density at radius 1 is 1.37 bits per heavy atom. The van der Waals surface area contributed by atoms with Crippen molar-refractivity contribution in [3.63, 3.8) is 0 Å². The van der Waals surface area contributed by atoms with Crippen molar-refractivity contribution >= 4 is 11.6 Å². The van der Waals surface area contributed by atoms with E-state index in [2.05, 4.69) is 12.2 Å². The van der Waals surface area contributed by atoms with E-state index in [4.69, 9.17) is 16.0 Å². The summed E-state index contributed by atoms with van der Waals surface area (Å²) in [7, 11) is 0. The van der Waals surface area contributed by atoms with E-state index >= 15 is 0 Å². The molecular weight excluding hydrogens is 265 g/mol. The van der Waals surface area contributed by atoms with E-state index in [9.17, 15) is 4.39 Å². The van der Waals surface area contributed by atoms with Gasteiger partial charge in [-0.15, -0.1) is 0 Å². The summed E-state index contributed by atoms with van der Waals surface area (Å²) >= 11 is 5.74. The Morgan fingerprint density at radius 2 is 2.21 bits per heavy atom. The second-order valence-corrected chi connectivity index (χ2v) is 5.06. The molecule has 2 aromatic rings. The Labute approximate surface area is 117 Å². The maximum atomic E-state index is 13.0. The zero-order valence-corrected chi connectivity index (χ0v) is 11.6. The smallest absolute Gasteiger partial charge is 0.141 e. The summed E-state index contributed by atoms with van der Waals surface area (Å²) in [5, 5.41) is 3.55. The summed E-state index contributed by atoms with van der Waals surface area (Å²) in [5.41, 5.74) is 0.983. The maximum Gasteiger partial charge on any atom is 0.141 e. The van der Waals surface area contributed by atoms with Crippen molar-refractivity contribution in [2.75, 3.05) is 0 Å². The van der Waals surface area contributed by atoms with Crippen molar-refractivity contribution in [2.45, 2.75) is 32.4 Å². The molecule has 0 bridgehead atoms. The van der Waals surface area contributed by atoms with Gasteiger partial charge in [-0.05, 0) is 43.2 Å². The number of halogens is 2. The van der Waals surface area contributed by atoms with Gasteiger partial charge in [0.25, 0.3) is 0 Å². The van der Waals surface area contributed by atoms with Crippen LogP contribution in [-0.4, -0.2) is 6.04 Å². The van der Waals surface area contributed by atoms with Crippen LogP contribution >= 0.6 is 11.6 Å². The van der Waals surface area contributed by atoms with E-state index in [1.165, 1.54) is 6.07 Å². The second kappa shape index (κ2) is 6.73. The van der Waals surface area contributed by atoms with E-state index < -0.39 is 0 Å². The summed E-state index contributed by atoms with van der Waals surface area (Å²) in [6.07, 6.45) is 3.59. The first kappa shape index (κ1) is 14.1. The first-order valence-corrected chi connectivity index (χ1v) is 6.72. The number of benzene rings is 1. The molecule has 1 aromatic carbocycles. The van der Waals surface area contributed by atoms with Crippen LogP contribution in [0.3, 0.4) is 0 Å². The zero-order chi connectivity index (χ0) is 13.7. The molecule has 1 atom stereocenters. The Hall–Kier alpha value is -1.32. The lowest BCUT2D eigenvalue weighted by Gasteiger charge is -2.13. The van der Waals surface area contributed by atoms with E-state index in [1.807, 2.05) is 12.1 Å². The predicted molar refractivity (Wildman–Crippen MR) is 74.7 cm³/mol. The number of furan rings is 1. The van der Waals surface area contributed by atoms with Crippen molar-refractivity contribution in [1.82, 2.24) is 5.32 Å². The molecule has 1 unspecified atom stereocenters. The third kappa shape index (κ3) is 4.37. The molecule has 1 heterocycles. The summed E-state index contributed by atoms with van der Waals surface area (Å²) in [4.78, 5) is 0. The van der Waals surface area contributed by atoms with Gasteiger partial charge in [-0.1, -0.05) is 17.7 Å². The summed E-state index contributed by atoms with van der Waals surface area (Å²) in [5.74, 6) is 0.620. The molecule has 0 aliphatic carbocycles. The van der Waals surface area contributed by atoms with Gasteiger partial charge in [0.15, 0.2) is 0 Å². The van der Waals surface area contributed by atoms with E-state index in [0.29, 0.717) is 12.6 Å². The zero-order valence-electron chi connectivity index (χ0n) is 10.8. The van der Waals surface area contributed by atoms with Gasteiger partial charge in [-0.2, -0.15) is 0 Å². The van der Waals surface area contributed by atoms with Crippen LogP contribution in [0.5, 0.6) is 0 Å². The van der Waals surface area contributed by atoms with Gasteiger partial charge in [0.1, 0.15) is 11.6 Å². The van der Waals surface area contributed by atoms with Crippen LogP contribution in [0.25, 0.3) is 0 Å². The van der Waals surface area contributed by atoms with Crippen LogP contribution < -0.4 is 5.32 Å². The molecule has 19 heavy (non-hydrogen) atoms. The molecule has 0 spiro atoms. The highest BCUT2D eigenvalue weighted by molar-refractivity contribution is 6.30. The molecule has 0 amide bonds. The SMILES string of the molecule is CC(CCc1ccco1)NCc1ccc(F)c(Cl)c1. The molecule has 4 heteroatoms. The van der Waals surface area contributed by atoms with Gasteiger partial charge >= 0.3 is 0 Å². The average Bonchev–Trinajstić information content (AvgIpc) is 2.91. The molecule has 2 rings (SSSR count). The van der Waals surface area contributed by atoms with Gasteiger partial charge in [-0.25, -0.2) is 4.39 Å². The highest BCUT2D eigenvalue weighted by Crippen LogP contribution is 2.16. The summed E-state index contributed by atoms with van der Waals surface area (Å²) in [6, 6.07) is 9.03. The number of rotatable bonds is 6. The Balaban J connectivity index is 1.76. The van der Waals surface area contributed by atoms with Gasteiger partial charge in [0, 0.05) is 19.0 Å². The first-order chi connectivity index (χ1) is 9.15. The molecule has 0 saturated carbocycles. The average molecular weight is 282 g/mol. The fourth-order valence-corrected chi connectivity index (χ4v) is 2.06.